The Labute approximate surface area is 171 Å². The summed E-state index contributed by atoms with van der Waals surface area (Å²) in [4.78, 5) is 4.50. The van der Waals surface area contributed by atoms with E-state index in [9.17, 15) is 0 Å². The van der Waals surface area contributed by atoms with Gasteiger partial charge in [-0.25, -0.2) is 9.50 Å². The smallest absolute Gasteiger partial charge is 0.177 e. The number of fused-ring (bicyclic) bond motifs is 1. The van der Waals surface area contributed by atoms with Crippen LogP contribution < -0.4 is 21.1 Å². The minimum atomic E-state index is 0.333. The molecule has 0 aliphatic heterocycles. The molecule has 3 aromatic rings. The van der Waals surface area contributed by atoms with Crippen LogP contribution in [0.5, 0.6) is 5.75 Å². The van der Waals surface area contributed by atoms with Gasteiger partial charge in [0.2, 0.25) is 0 Å². The summed E-state index contributed by atoms with van der Waals surface area (Å²) in [6.07, 6.45) is 8.92. The van der Waals surface area contributed by atoms with Gasteiger partial charge >= 0.3 is 0 Å². The molecule has 0 amide bonds. The van der Waals surface area contributed by atoms with E-state index in [0.717, 1.165) is 72.9 Å². The fraction of sp³-hybridized carbons (Fsp3) is 0.455. The van der Waals surface area contributed by atoms with Crippen LogP contribution >= 0.6 is 0 Å². The molecule has 1 fully saturated rings. The van der Waals surface area contributed by atoms with Crippen LogP contribution in [0.25, 0.3) is 5.65 Å². The second-order valence-corrected chi connectivity index (χ2v) is 7.80. The van der Waals surface area contributed by atoms with Gasteiger partial charge in [0, 0.05) is 35.7 Å². The van der Waals surface area contributed by atoms with E-state index in [-0.39, 0.29) is 0 Å². The predicted octanol–water partition coefficient (Wildman–Crippen LogP) is 4.25. The Bertz CT molecular complexity index is 944. The van der Waals surface area contributed by atoms with Crippen molar-refractivity contribution in [2.45, 2.75) is 58.0 Å². The fourth-order valence-corrected chi connectivity index (χ4v) is 3.77. The van der Waals surface area contributed by atoms with Gasteiger partial charge in [0.15, 0.2) is 11.5 Å². The number of imidazole rings is 1. The lowest BCUT2D eigenvalue weighted by Gasteiger charge is -2.28. The molecular weight excluding hydrogens is 364 g/mol. The molecule has 0 unspecified atom stereocenters. The third-order valence-corrected chi connectivity index (χ3v) is 5.49. The number of nitrogens with two attached hydrogens (primary N) is 1. The first kappa shape index (κ1) is 19.5. The molecule has 2 aromatic heterocycles. The Morgan fingerprint density at radius 3 is 2.66 bits per heavy atom. The second kappa shape index (κ2) is 8.69. The average Bonchev–Trinajstić information content (AvgIpc) is 3.20. The maximum Gasteiger partial charge on any atom is 0.177 e. The van der Waals surface area contributed by atoms with Gasteiger partial charge in [0.1, 0.15) is 5.75 Å². The molecule has 2 heterocycles. The Morgan fingerprint density at radius 1 is 1.17 bits per heavy atom. The molecule has 7 nitrogen and oxygen atoms in total. The van der Waals surface area contributed by atoms with E-state index in [1.54, 1.807) is 6.20 Å². The van der Waals surface area contributed by atoms with E-state index in [1.165, 1.54) is 0 Å². The van der Waals surface area contributed by atoms with Crippen molar-refractivity contribution >= 4 is 22.8 Å². The molecule has 7 heteroatoms. The molecule has 0 bridgehead atoms. The summed E-state index contributed by atoms with van der Waals surface area (Å²) in [6.45, 7) is 4.91. The topological polar surface area (TPSA) is 89.5 Å². The van der Waals surface area contributed by atoms with E-state index in [1.807, 2.05) is 35.0 Å². The normalized spacial score (nSPS) is 19.3. The highest BCUT2D eigenvalue weighted by Gasteiger charge is 2.21. The Hall–Kier alpha value is -2.80. The number of anilines is 3. The van der Waals surface area contributed by atoms with Gasteiger partial charge in [-0.15, -0.1) is 5.10 Å². The third-order valence-electron chi connectivity index (χ3n) is 5.49. The van der Waals surface area contributed by atoms with Crippen molar-refractivity contribution in [3.8, 4) is 5.75 Å². The van der Waals surface area contributed by atoms with E-state index in [2.05, 4.69) is 29.5 Å². The molecular formula is C22H30N6O. The molecule has 1 saturated carbocycles. The summed E-state index contributed by atoms with van der Waals surface area (Å²) in [6, 6.07) is 8.77. The quantitative estimate of drug-likeness (QED) is 0.555. The van der Waals surface area contributed by atoms with Crippen LogP contribution in [0.4, 0.5) is 17.2 Å². The van der Waals surface area contributed by atoms with Gasteiger partial charge in [-0.05, 0) is 63.3 Å². The van der Waals surface area contributed by atoms with Crippen LogP contribution in [0.1, 0.15) is 44.6 Å². The molecule has 4 rings (SSSR count). The average molecular weight is 395 g/mol. The Kier molecular flexibility index (Phi) is 5.85. The van der Waals surface area contributed by atoms with Gasteiger partial charge in [-0.2, -0.15) is 0 Å². The van der Waals surface area contributed by atoms with E-state index >= 15 is 0 Å². The van der Waals surface area contributed by atoms with Gasteiger partial charge in [0.25, 0.3) is 0 Å². The predicted molar refractivity (Wildman–Crippen MR) is 117 cm³/mol. The molecule has 154 valence electrons. The number of benzene rings is 1. The number of ether oxygens (including phenoxy) is 1. The highest BCUT2D eigenvalue weighted by molar-refractivity contribution is 5.80. The summed E-state index contributed by atoms with van der Waals surface area (Å²) in [5.41, 5.74) is 9.87. The van der Waals surface area contributed by atoms with Crippen molar-refractivity contribution in [2.75, 3.05) is 17.2 Å². The number of nitrogens with zero attached hydrogens (tertiary/aromatic N) is 3. The lowest BCUT2D eigenvalue weighted by atomic mass is 9.92. The highest BCUT2D eigenvalue weighted by atomic mass is 16.5. The summed E-state index contributed by atoms with van der Waals surface area (Å²) in [5.74, 6) is 1.77. The molecule has 0 radical (unpaired) electrons. The molecule has 1 aliphatic carbocycles. The number of rotatable bonds is 7. The van der Waals surface area contributed by atoms with Gasteiger partial charge in [-0.1, -0.05) is 6.92 Å². The van der Waals surface area contributed by atoms with Gasteiger partial charge < -0.3 is 21.1 Å². The third kappa shape index (κ3) is 4.45. The Balaban J connectivity index is 1.58. The molecule has 1 aliphatic rings. The van der Waals surface area contributed by atoms with E-state index in [4.69, 9.17) is 15.6 Å². The second-order valence-electron chi connectivity index (χ2n) is 7.80. The van der Waals surface area contributed by atoms with Crippen molar-refractivity contribution in [2.24, 2.45) is 5.73 Å². The number of hydrogen-bond donors (Lipinski definition) is 3. The van der Waals surface area contributed by atoms with E-state index < -0.39 is 0 Å². The first-order chi connectivity index (χ1) is 14.1. The zero-order valence-electron chi connectivity index (χ0n) is 17.2. The van der Waals surface area contributed by atoms with Crippen LogP contribution in [0, 0.1) is 6.92 Å². The van der Waals surface area contributed by atoms with Crippen LogP contribution in [0.3, 0.4) is 0 Å². The lowest BCUT2D eigenvalue weighted by Crippen LogP contribution is -2.33. The molecule has 0 spiro atoms. The largest absolute Gasteiger partial charge is 0.494 e. The minimum absolute atomic E-state index is 0.333. The molecule has 0 saturated heterocycles. The van der Waals surface area contributed by atoms with Crippen molar-refractivity contribution in [1.82, 2.24) is 14.6 Å². The van der Waals surface area contributed by atoms with Crippen molar-refractivity contribution < 1.29 is 4.74 Å². The minimum Gasteiger partial charge on any atom is -0.494 e. The Morgan fingerprint density at radius 2 is 1.93 bits per heavy atom. The summed E-state index contributed by atoms with van der Waals surface area (Å²) < 4.78 is 7.50. The van der Waals surface area contributed by atoms with Crippen molar-refractivity contribution in [3.63, 3.8) is 0 Å². The lowest BCUT2D eigenvalue weighted by molar-refractivity contribution is 0.317. The maximum atomic E-state index is 6.05. The monoisotopic (exact) mass is 394 g/mol. The zero-order chi connectivity index (χ0) is 20.2. The van der Waals surface area contributed by atoms with Crippen molar-refractivity contribution in [1.29, 1.82) is 0 Å². The van der Waals surface area contributed by atoms with Crippen LogP contribution in [-0.4, -0.2) is 33.3 Å². The summed E-state index contributed by atoms with van der Waals surface area (Å²) in [5, 5.41) is 11.9. The van der Waals surface area contributed by atoms with Crippen molar-refractivity contribution in [3.05, 3.63) is 42.2 Å². The van der Waals surface area contributed by atoms with E-state index in [0.29, 0.717) is 12.1 Å². The standard InChI is InChI=1S/C22H30N6O/c1-3-14-29-19-10-8-17(9-11-19)25-20-15(2)21(27-28-13-12-24-22(20)28)26-18-6-4-16(23)5-7-18/h8-13,16,18,25H,3-7,14,23H2,1-2H3,(H,26,27)/t16-,18-. The zero-order valence-corrected chi connectivity index (χ0v) is 17.2. The molecule has 4 N–H and O–H groups in total. The number of hydrogen-bond acceptors (Lipinski definition) is 6. The summed E-state index contributed by atoms with van der Waals surface area (Å²) >= 11 is 0. The highest BCUT2D eigenvalue weighted by Crippen LogP contribution is 2.31. The SMILES string of the molecule is CCCOc1ccc(Nc2c(C)c(N[C@H]3CC[C@H](N)CC3)nn3ccnc23)cc1. The molecule has 29 heavy (non-hydrogen) atoms. The van der Waals surface area contributed by atoms with Crippen LogP contribution in [0.2, 0.25) is 0 Å². The first-order valence-electron chi connectivity index (χ1n) is 10.5. The first-order valence-corrected chi connectivity index (χ1v) is 10.5. The van der Waals surface area contributed by atoms with Crippen LogP contribution in [0.15, 0.2) is 36.7 Å². The fourth-order valence-electron chi connectivity index (χ4n) is 3.77. The molecule has 0 atom stereocenters. The molecule has 1 aromatic carbocycles. The van der Waals surface area contributed by atoms with Gasteiger partial charge in [0.05, 0.1) is 12.3 Å². The van der Waals surface area contributed by atoms with Gasteiger partial charge in [-0.3, -0.25) is 0 Å². The van der Waals surface area contributed by atoms with Crippen LogP contribution in [-0.2, 0) is 0 Å². The maximum absolute atomic E-state index is 6.05. The summed E-state index contributed by atoms with van der Waals surface area (Å²) in [7, 11) is 0. The number of nitrogens with one attached hydrogen (secondary N) is 2. The number of aromatic nitrogens is 3.